The molecule has 1 saturated carbocycles. The Bertz CT molecular complexity index is 608. The van der Waals surface area contributed by atoms with Gasteiger partial charge in [-0.3, -0.25) is 0 Å². The maximum absolute atomic E-state index is 6.03. The lowest BCUT2D eigenvalue weighted by Crippen LogP contribution is -2.20. The van der Waals surface area contributed by atoms with Crippen LogP contribution in [0.3, 0.4) is 0 Å². The minimum Gasteiger partial charge on any atom is -0.385 e. The number of ether oxygens (including phenoxy) is 1. The van der Waals surface area contributed by atoms with Crippen LogP contribution in [0.5, 0.6) is 0 Å². The molecular formula is C16H22BrN5O. The Morgan fingerprint density at radius 3 is 3.00 bits per heavy atom. The van der Waals surface area contributed by atoms with Gasteiger partial charge in [0.05, 0.1) is 10.6 Å². The van der Waals surface area contributed by atoms with Gasteiger partial charge in [-0.1, -0.05) is 6.58 Å². The van der Waals surface area contributed by atoms with Gasteiger partial charge in [0, 0.05) is 19.3 Å². The van der Waals surface area contributed by atoms with Crippen molar-refractivity contribution in [3.63, 3.8) is 0 Å². The number of nitrogens with one attached hydrogen (secondary N) is 2. The van der Waals surface area contributed by atoms with Crippen molar-refractivity contribution in [2.45, 2.75) is 31.8 Å². The van der Waals surface area contributed by atoms with Gasteiger partial charge >= 0.3 is 0 Å². The highest BCUT2D eigenvalue weighted by Gasteiger charge is 2.23. The molecule has 1 aliphatic carbocycles. The molecule has 23 heavy (non-hydrogen) atoms. The van der Waals surface area contributed by atoms with E-state index in [0.717, 1.165) is 29.5 Å². The average molecular weight is 380 g/mol. The van der Waals surface area contributed by atoms with Crippen LogP contribution >= 0.6 is 15.9 Å². The summed E-state index contributed by atoms with van der Waals surface area (Å²) >= 11 is 3.44. The fourth-order valence-electron chi connectivity index (χ4n) is 2.49. The van der Waals surface area contributed by atoms with Crippen LogP contribution < -0.4 is 16.4 Å². The Hall–Kier alpha value is -1.60. The lowest BCUT2D eigenvalue weighted by molar-refractivity contribution is 0.120. The molecule has 2 aliphatic rings. The van der Waals surface area contributed by atoms with Crippen molar-refractivity contribution in [1.29, 1.82) is 0 Å². The summed E-state index contributed by atoms with van der Waals surface area (Å²) in [7, 11) is 0. The molecule has 0 aromatic carbocycles. The summed E-state index contributed by atoms with van der Waals surface area (Å²) in [5.41, 5.74) is 7.10. The predicted octanol–water partition coefficient (Wildman–Crippen LogP) is 3.01. The lowest BCUT2D eigenvalue weighted by atomic mass is 10.2. The smallest absolute Gasteiger partial charge is 0.224 e. The Kier molecular flexibility index (Phi) is 5.17. The first-order valence-corrected chi connectivity index (χ1v) is 8.72. The molecule has 3 rings (SSSR count). The summed E-state index contributed by atoms with van der Waals surface area (Å²) in [6, 6.07) is 0. The van der Waals surface area contributed by atoms with Crippen LogP contribution in [0.2, 0.25) is 0 Å². The van der Waals surface area contributed by atoms with Gasteiger partial charge in [0.15, 0.2) is 5.82 Å². The normalized spacial score (nSPS) is 21.3. The molecule has 2 fully saturated rings. The summed E-state index contributed by atoms with van der Waals surface area (Å²) in [5.74, 6) is 2.31. The maximum atomic E-state index is 6.03. The maximum Gasteiger partial charge on any atom is 0.224 e. The number of halogens is 1. The third kappa shape index (κ3) is 4.68. The zero-order valence-electron chi connectivity index (χ0n) is 13.0. The zero-order chi connectivity index (χ0) is 16.2. The van der Waals surface area contributed by atoms with E-state index in [9.17, 15) is 0 Å². The molecular weight excluding hydrogens is 358 g/mol. The van der Waals surface area contributed by atoms with E-state index >= 15 is 0 Å². The second kappa shape index (κ2) is 7.31. The Morgan fingerprint density at radius 2 is 2.30 bits per heavy atom. The summed E-state index contributed by atoms with van der Waals surface area (Å²) in [6.07, 6.45) is 8.43. The number of hydrogen-bond acceptors (Lipinski definition) is 6. The monoisotopic (exact) mass is 379 g/mol. The molecule has 0 radical (unpaired) electrons. The number of nitrogens with two attached hydrogens (primary N) is 1. The molecule has 1 unspecified atom stereocenters. The van der Waals surface area contributed by atoms with E-state index in [1.165, 1.54) is 12.8 Å². The van der Waals surface area contributed by atoms with Crippen LogP contribution in [-0.4, -0.2) is 29.2 Å². The fourth-order valence-corrected chi connectivity index (χ4v) is 2.79. The van der Waals surface area contributed by atoms with Crippen molar-refractivity contribution in [3.8, 4) is 0 Å². The highest BCUT2D eigenvalue weighted by Crippen LogP contribution is 2.36. The number of allylic oxidation sites excluding steroid dienone is 2. The van der Waals surface area contributed by atoms with E-state index in [4.69, 9.17) is 10.5 Å². The molecule has 1 aliphatic heterocycles. The van der Waals surface area contributed by atoms with Gasteiger partial charge in [-0.25, -0.2) is 4.98 Å². The topological polar surface area (TPSA) is 85.1 Å². The SMILES string of the molecule is C=C(/C=C(\N)Nc1nc(NCC2CCCO2)ncc1Br)C1CC1. The quantitative estimate of drug-likeness (QED) is 0.631. The fraction of sp³-hybridized carbons (Fsp3) is 0.500. The number of rotatable bonds is 7. The van der Waals surface area contributed by atoms with Crippen molar-refractivity contribution in [1.82, 2.24) is 9.97 Å². The van der Waals surface area contributed by atoms with Gasteiger partial charge < -0.3 is 21.1 Å². The van der Waals surface area contributed by atoms with Gasteiger partial charge in [0.25, 0.3) is 0 Å². The molecule has 7 heteroatoms. The van der Waals surface area contributed by atoms with Crippen molar-refractivity contribution >= 4 is 27.7 Å². The molecule has 2 heterocycles. The Labute approximate surface area is 144 Å². The van der Waals surface area contributed by atoms with Crippen LogP contribution in [0.4, 0.5) is 11.8 Å². The lowest BCUT2D eigenvalue weighted by Gasteiger charge is -2.13. The first-order chi connectivity index (χ1) is 11.1. The molecule has 0 spiro atoms. The average Bonchev–Trinajstić information content (AvgIpc) is 3.25. The summed E-state index contributed by atoms with van der Waals surface area (Å²) in [4.78, 5) is 8.72. The van der Waals surface area contributed by atoms with E-state index in [1.807, 2.05) is 6.08 Å². The van der Waals surface area contributed by atoms with Gasteiger partial charge in [-0.15, -0.1) is 0 Å². The van der Waals surface area contributed by atoms with Gasteiger partial charge in [-0.05, 0) is 59.2 Å². The zero-order valence-corrected chi connectivity index (χ0v) is 14.6. The van der Waals surface area contributed by atoms with Crippen molar-refractivity contribution in [3.05, 3.63) is 34.7 Å². The molecule has 0 bridgehead atoms. The van der Waals surface area contributed by atoms with Crippen molar-refractivity contribution in [2.75, 3.05) is 23.8 Å². The van der Waals surface area contributed by atoms with Gasteiger partial charge in [0.2, 0.25) is 5.95 Å². The Balaban J connectivity index is 1.61. The highest BCUT2D eigenvalue weighted by atomic mass is 79.9. The molecule has 6 nitrogen and oxygen atoms in total. The largest absolute Gasteiger partial charge is 0.385 e. The number of hydrogen-bond donors (Lipinski definition) is 3. The van der Waals surface area contributed by atoms with Crippen molar-refractivity contribution in [2.24, 2.45) is 11.7 Å². The predicted molar refractivity (Wildman–Crippen MR) is 95.0 cm³/mol. The number of aromatic nitrogens is 2. The third-order valence-corrected chi connectivity index (χ3v) is 4.54. The van der Waals surface area contributed by atoms with Gasteiger partial charge in [0.1, 0.15) is 5.82 Å². The Morgan fingerprint density at radius 1 is 1.48 bits per heavy atom. The van der Waals surface area contributed by atoms with Crippen molar-refractivity contribution < 1.29 is 4.74 Å². The van der Waals surface area contributed by atoms with Gasteiger partial charge in [-0.2, -0.15) is 4.98 Å². The molecule has 0 amide bonds. The highest BCUT2D eigenvalue weighted by molar-refractivity contribution is 9.10. The van der Waals surface area contributed by atoms with Crippen LogP contribution in [0.15, 0.2) is 34.7 Å². The summed E-state index contributed by atoms with van der Waals surface area (Å²) in [5, 5.41) is 6.31. The van der Waals surface area contributed by atoms with Crippen LogP contribution in [0.25, 0.3) is 0 Å². The minimum absolute atomic E-state index is 0.241. The molecule has 124 valence electrons. The second-order valence-corrected chi connectivity index (χ2v) is 6.83. The van der Waals surface area contributed by atoms with E-state index in [2.05, 4.69) is 43.1 Å². The van der Waals surface area contributed by atoms with Crippen LogP contribution in [-0.2, 0) is 4.74 Å². The van der Waals surface area contributed by atoms with Crippen LogP contribution in [0, 0.1) is 5.92 Å². The van der Waals surface area contributed by atoms with E-state index in [0.29, 0.717) is 30.0 Å². The molecule has 1 aromatic rings. The second-order valence-electron chi connectivity index (χ2n) is 5.98. The van der Waals surface area contributed by atoms with E-state index < -0.39 is 0 Å². The number of anilines is 2. The summed E-state index contributed by atoms with van der Waals surface area (Å²) in [6.45, 7) is 5.60. The molecule has 1 saturated heterocycles. The van der Waals surface area contributed by atoms with E-state index in [-0.39, 0.29) is 6.10 Å². The first-order valence-electron chi connectivity index (χ1n) is 7.93. The molecule has 1 atom stereocenters. The molecule has 4 N–H and O–H groups in total. The first kappa shape index (κ1) is 16.3. The van der Waals surface area contributed by atoms with Crippen LogP contribution in [0.1, 0.15) is 25.7 Å². The third-order valence-electron chi connectivity index (χ3n) is 3.96. The summed E-state index contributed by atoms with van der Waals surface area (Å²) < 4.78 is 6.34. The number of nitrogens with zero attached hydrogens (tertiary/aromatic N) is 2. The van der Waals surface area contributed by atoms with E-state index in [1.54, 1.807) is 6.20 Å². The standard InChI is InChI=1S/C16H22BrN5O/c1-10(11-4-5-11)7-14(18)21-15-13(17)9-20-16(22-15)19-8-12-3-2-6-23-12/h7,9,11-12H,1-6,8,18H2,(H2,19,20,21,22)/b14-7+. The molecule has 1 aromatic heterocycles. The minimum atomic E-state index is 0.241.